The van der Waals surface area contributed by atoms with E-state index in [4.69, 9.17) is 11.6 Å². The Morgan fingerprint density at radius 3 is 2.61 bits per heavy atom. The molecule has 0 fully saturated rings. The fraction of sp³-hybridized carbons (Fsp3) is 0. The van der Waals surface area contributed by atoms with Gasteiger partial charge in [0.05, 0.1) is 16.8 Å². The molecule has 0 atom stereocenters. The van der Waals surface area contributed by atoms with Gasteiger partial charge >= 0.3 is 5.69 Å². The lowest BCUT2D eigenvalue weighted by molar-refractivity contribution is -0.385. The summed E-state index contributed by atoms with van der Waals surface area (Å²) in [5.41, 5.74) is 3.58. The van der Waals surface area contributed by atoms with Crippen LogP contribution in [-0.4, -0.2) is 27.1 Å². The topological polar surface area (TPSA) is 113 Å². The van der Waals surface area contributed by atoms with Crippen molar-refractivity contribution >= 4 is 35.0 Å². The van der Waals surface area contributed by atoms with Crippen LogP contribution in [0.15, 0.2) is 77.0 Å². The van der Waals surface area contributed by atoms with Crippen LogP contribution >= 0.6 is 11.6 Å². The molecule has 9 heteroatoms. The van der Waals surface area contributed by atoms with E-state index in [0.29, 0.717) is 17.2 Å². The van der Waals surface area contributed by atoms with Gasteiger partial charge in [0.25, 0.3) is 0 Å². The number of hydrogen-bond acceptors (Lipinski definition) is 6. The first-order valence-electron chi connectivity index (χ1n) is 8.05. The van der Waals surface area contributed by atoms with Crippen molar-refractivity contribution in [1.29, 1.82) is 0 Å². The molecule has 0 saturated carbocycles. The quantitative estimate of drug-likeness (QED) is 0.293. The van der Waals surface area contributed by atoms with Crippen molar-refractivity contribution in [2.24, 2.45) is 10.1 Å². The number of rotatable bonds is 5. The summed E-state index contributed by atoms with van der Waals surface area (Å²) in [7, 11) is 0. The third kappa shape index (κ3) is 4.68. The number of phenolic OH excluding ortho intramolecular Hbond substituents is 1. The summed E-state index contributed by atoms with van der Waals surface area (Å²) in [6, 6.07) is 17.0. The van der Waals surface area contributed by atoms with E-state index in [0.717, 1.165) is 6.07 Å². The minimum Gasteiger partial charge on any atom is -0.502 e. The number of phenols is 1. The molecule has 0 amide bonds. The number of amidine groups is 1. The third-order valence-corrected chi connectivity index (χ3v) is 3.78. The molecule has 28 heavy (non-hydrogen) atoms. The molecule has 0 aliphatic rings. The van der Waals surface area contributed by atoms with Crippen LogP contribution in [0, 0.1) is 10.1 Å². The summed E-state index contributed by atoms with van der Waals surface area (Å²) < 4.78 is 0. The molecule has 0 unspecified atom stereocenters. The molecule has 3 rings (SSSR count). The Balaban J connectivity index is 1.91. The number of nitrogens with one attached hydrogen (secondary N) is 1. The first-order valence-corrected chi connectivity index (χ1v) is 8.43. The lowest BCUT2D eigenvalue weighted by Crippen LogP contribution is -2.20. The Hall–Kier alpha value is -3.78. The zero-order valence-electron chi connectivity index (χ0n) is 14.4. The predicted molar refractivity (Wildman–Crippen MR) is 107 cm³/mol. The van der Waals surface area contributed by atoms with Crippen LogP contribution in [0.5, 0.6) is 5.75 Å². The Labute approximate surface area is 165 Å². The summed E-state index contributed by atoms with van der Waals surface area (Å²) in [4.78, 5) is 19.0. The number of hydrazone groups is 1. The van der Waals surface area contributed by atoms with E-state index < -0.39 is 16.4 Å². The summed E-state index contributed by atoms with van der Waals surface area (Å²) in [5, 5.41) is 25.2. The molecule has 0 saturated heterocycles. The number of hydrogen-bond donors (Lipinski definition) is 2. The summed E-state index contributed by atoms with van der Waals surface area (Å²) in [6.45, 7) is 0. The smallest absolute Gasteiger partial charge is 0.312 e. The van der Waals surface area contributed by atoms with Gasteiger partial charge in [0.2, 0.25) is 5.75 Å². The van der Waals surface area contributed by atoms with Gasteiger partial charge in [-0.3, -0.25) is 20.5 Å². The van der Waals surface area contributed by atoms with E-state index in [-0.39, 0.29) is 10.6 Å². The third-order valence-electron chi connectivity index (χ3n) is 3.56. The van der Waals surface area contributed by atoms with Crippen molar-refractivity contribution in [3.05, 3.63) is 93.3 Å². The summed E-state index contributed by atoms with van der Waals surface area (Å²) in [6.07, 6.45) is 2.84. The number of aliphatic imine (C=N–C) groups is 1. The second kappa shape index (κ2) is 8.74. The zero-order chi connectivity index (χ0) is 19.9. The first-order chi connectivity index (χ1) is 13.5. The van der Waals surface area contributed by atoms with Crippen molar-refractivity contribution in [2.75, 3.05) is 0 Å². The van der Waals surface area contributed by atoms with E-state index in [2.05, 4.69) is 20.5 Å². The maximum Gasteiger partial charge on any atom is 0.312 e. The van der Waals surface area contributed by atoms with Crippen LogP contribution in [0.25, 0.3) is 0 Å². The molecule has 0 aliphatic heterocycles. The number of aromatic nitrogens is 1. The van der Waals surface area contributed by atoms with E-state index in [9.17, 15) is 15.2 Å². The maximum absolute atomic E-state index is 11.0. The fourth-order valence-corrected chi connectivity index (χ4v) is 2.50. The van der Waals surface area contributed by atoms with Crippen molar-refractivity contribution in [1.82, 2.24) is 10.4 Å². The van der Waals surface area contributed by atoms with Crippen molar-refractivity contribution < 1.29 is 10.0 Å². The second-order valence-electron chi connectivity index (χ2n) is 5.50. The number of nitro groups is 1. The van der Waals surface area contributed by atoms with E-state index in [1.807, 2.05) is 30.3 Å². The number of para-hydroxylation sites is 1. The van der Waals surface area contributed by atoms with E-state index in [1.54, 1.807) is 24.4 Å². The van der Waals surface area contributed by atoms with Crippen LogP contribution < -0.4 is 5.43 Å². The monoisotopic (exact) mass is 395 g/mol. The number of nitro benzene ring substituents is 1. The van der Waals surface area contributed by atoms with Crippen LogP contribution in [0.2, 0.25) is 5.02 Å². The van der Waals surface area contributed by atoms with Gasteiger partial charge in [-0.2, -0.15) is 5.10 Å². The largest absolute Gasteiger partial charge is 0.502 e. The number of benzene rings is 2. The van der Waals surface area contributed by atoms with Gasteiger partial charge in [0.1, 0.15) is 5.69 Å². The minimum absolute atomic E-state index is 0.0896. The molecule has 2 N–H and O–H groups in total. The van der Waals surface area contributed by atoms with Gasteiger partial charge in [-0.1, -0.05) is 35.9 Å². The highest BCUT2D eigenvalue weighted by Gasteiger charge is 2.17. The molecule has 0 bridgehead atoms. The van der Waals surface area contributed by atoms with Crippen molar-refractivity contribution in [2.45, 2.75) is 0 Å². The van der Waals surface area contributed by atoms with Gasteiger partial charge in [0.15, 0.2) is 5.84 Å². The van der Waals surface area contributed by atoms with Crippen LogP contribution in [0.4, 0.5) is 11.4 Å². The van der Waals surface area contributed by atoms with Gasteiger partial charge in [-0.05, 0) is 30.3 Å². The molecule has 3 aromatic rings. The lowest BCUT2D eigenvalue weighted by Gasteiger charge is -2.06. The van der Waals surface area contributed by atoms with Crippen LogP contribution in [-0.2, 0) is 0 Å². The maximum atomic E-state index is 11.0. The highest BCUT2D eigenvalue weighted by atomic mass is 35.5. The van der Waals surface area contributed by atoms with Gasteiger partial charge in [0, 0.05) is 22.8 Å². The van der Waals surface area contributed by atoms with Gasteiger partial charge in [-0.15, -0.1) is 0 Å². The second-order valence-corrected chi connectivity index (χ2v) is 5.94. The van der Waals surface area contributed by atoms with Crippen molar-refractivity contribution in [3.8, 4) is 5.75 Å². The molecule has 1 heterocycles. The average molecular weight is 396 g/mol. The Morgan fingerprint density at radius 2 is 1.93 bits per heavy atom. The van der Waals surface area contributed by atoms with Crippen LogP contribution in [0.3, 0.4) is 0 Å². The minimum atomic E-state index is -0.720. The molecule has 0 aliphatic carbocycles. The molecular formula is C19H14ClN5O3. The molecular weight excluding hydrogens is 382 g/mol. The normalized spacial score (nSPS) is 11.5. The summed E-state index contributed by atoms with van der Waals surface area (Å²) in [5.74, 6) is -0.168. The highest BCUT2D eigenvalue weighted by molar-refractivity contribution is 6.31. The molecule has 140 valence electrons. The van der Waals surface area contributed by atoms with Gasteiger partial charge in [-0.25, -0.2) is 4.99 Å². The number of nitrogens with zero attached hydrogens (tertiary/aromatic N) is 4. The highest BCUT2D eigenvalue weighted by Crippen LogP contribution is 2.32. The van der Waals surface area contributed by atoms with E-state index in [1.165, 1.54) is 12.3 Å². The molecule has 8 nitrogen and oxygen atoms in total. The van der Waals surface area contributed by atoms with Crippen molar-refractivity contribution in [3.63, 3.8) is 0 Å². The predicted octanol–water partition coefficient (Wildman–Crippen LogP) is 4.05. The van der Waals surface area contributed by atoms with Gasteiger partial charge < -0.3 is 5.11 Å². The standard InChI is InChI=1S/C19H14ClN5O3/c20-14-10-13(18(26)17(11-14)25(27)28)12-22-24-19(16-8-4-5-9-21-16)23-15-6-2-1-3-7-15/h1-12,26H,(H,23,24)/b22-12+. The SMILES string of the molecule is O=[N+]([O-])c1cc(Cl)cc(/C=N/NC(=Nc2ccccc2)c2ccccn2)c1O. The van der Waals surface area contributed by atoms with E-state index >= 15 is 0 Å². The lowest BCUT2D eigenvalue weighted by atomic mass is 10.2. The molecule has 1 aromatic heterocycles. The molecule has 2 aromatic carbocycles. The number of aromatic hydroxyl groups is 1. The molecule has 0 spiro atoms. The summed E-state index contributed by atoms with van der Waals surface area (Å²) >= 11 is 5.88. The average Bonchev–Trinajstić information content (AvgIpc) is 2.70. The number of pyridine rings is 1. The fourth-order valence-electron chi connectivity index (χ4n) is 2.28. The zero-order valence-corrected chi connectivity index (χ0v) is 15.1. The molecule has 0 radical (unpaired) electrons. The van der Waals surface area contributed by atoms with Crippen LogP contribution in [0.1, 0.15) is 11.3 Å². The first kappa shape index (κ1) is 19.0. The Kier molecular flexibility index (Phi) is 5.93. The Morgan fingerprint density at radius 1 is 1.18 bits per heavy atom. The number of halogens is 1. The Bertz CT molecular complexity index is 1040.